The van der Waals surface area contributed by atoms with Crippen molar-refractivity contribution in [2.24, 2.45) is 5.73 Å². The predicted octanol–water partition coefficient (Wildman–Crippen LogP) is 3.54. The lowest BCUT2D eigenvalue weighted by molar-refractivity contribution is 0.165. The zero-order valence-electron chi connectivity index (χ0n) is 10.4. The van der Waals surface area contributed by atoms with Gasteiger partial charge in [-0.3, -0.25) is 4.90 Å². The van der Waals surface area contributed by atoms with Crippen LogP contribution in [0.4, 0.5) is 0 Å². The lowest BCUT2D eigenvalue weighted by Gasteiger charge is -2.39. The summed E-state index contributed by atoms with van der Waals surface area (Å²) >= 11 is 11.6. The molecule has 0 bridgehead atoms. The third-order valence-electron chi connectivity index (χ3n) is 3.36. The van der Waals surface area contributed by atoms with E-state index < -0.39 is 0 Å². The van der Waals surface area contributed by atoms with Gasteiger partial charge in [0.05, 0.1) is 0 Å². The van der Waals surface area contributed by atoms with Crippen molar-refractivity contribution in [2.75, 3.05) is 24.6 Å². The molecule has 0 saturated carbocycles. The fraction of sp³-hybridized carbons (Fsp3) is 0.538. The van der Waals surface area contributed by atoms with Gasteiger partial charge in [-0.2, -0.15) is 11.8 Å². The molecule has 1 saturated heterocycles. The van der Waals surface area contributed by atoms with Gasteiger partial charge in [0, 0.05) is 46.2 Å². The topological polar surface area (TPSA) is 29.3 Å². The van der Waals surface area contributed by atoms with E-state index in [2.05, 4.69) is 33.8 Å². The van der Waals surface area contributed by atoms with E-state index in [1.165, 1.54) is 17.1 Å². The number of halogens is 2. The molecule has 1 heterocycles. The summed E-state index contributed by atoms with van der Waals surface area (Å²) in [6.45, 7) is 4.01. The van der Waals surface area contributed by atoms with Gasteiger partial charge >= 0.3 is 0 Å². The molecule has 2 nitrogen and oxygen atoms in total. The summed E-state index contributed by atoms with van der Waals surface area (Å²) in [7, 11) is 0. The Kier molecular flexibility index (Phi) is 5.39. The van der Waals surface area contributed by atoms with Gasteiger partial charge in [0.25, 0.3) is 0 Å². The minimum atomic E-state index is 0.271. The van der Waals surface area contributed by atoms with Crippen molar-refractivity contribution in [3.63, 3.8) is 0 Å². The molecule has 5 heteroatoms. The van der Waals surface area contributed by atoms with Gasteiger partial charge in [-0.15, -0.1) is 0 Å². The number of thioether (sulfide) groups is 1. The Morgan fingerprint density at radius 2 is 2.39 bits per heavy atom. The second-order valence-electron chi connectivity index (χ2n) is 4.58. The Morgan fingerprint density at radius 3 is 3.00 bits per heavy atom. The highest BCUT2D eigenvalue weighted by Crippen LogP contribution is 2.32. The summed E-state index contributed by atoms with van der Waals surface area (Å²) in [5.41, 5.74) is 7.24. The van der Waals surface area contributed by atoms with Crippen molar-refractivity contribution in [2.45, 2.75) is 19.0 Å². The van der Waals surface area contributed by atoms with Crippen LogP contribution in [0.2, 0.25) is 5.02 Å². The third kappa shape index (κ3) is 3.23. The lowest BCUT2D eigenvalue weighted by atomic mass is 10.0. The van der Waals surface area contributed by atoms with Gasteiger partial charge in [-0.25, -0.2) is 0 Å². The van der Waals surface area contributed by atoms with Crippen molar-refractivity contribution in [3.8, 4) is 0 Å². The van der Waals surface area contributed by atoms with Crippen LogP contribution < -0.4 is 5.73 Å². The van der Waals surface area contributed by atoms with Gasteiger partial charge in [0.2, 0.25) is 0 Å². The SMILES string of the molecule is CC1CSCCN1C(CN)c1ccc(Cl)cc1Br. The molecule has 18 heavy (non-hydrogen) atoms. The van der Waals surface area contributed by atoms with Crippen LogP contribution in [0, 0.1) is 0 Å². The molecule has 2 N–H and O–H groups in total. The maximum absolute atomic E-state index is 6.00. The Bertz CT molecular complexity index is 416. The molecule has 1 aromatic rings. The summed E-state index contributed by atoms with van der Waals surface area (Å²) in [6, 6.07) is 6.81. The van der Waals surface area contributed by atoms with Crippen LogP contribution in [0.5, 0.6) is 0 Å². The number of hydrogen-bond donors (Lipinski definition) is 1. The number of nitrogens with zero attached hydrogens (tertiary/aromatic N) is 1. The van der Waals surface area contributed by atoms with Crippen LogP contribution in [-0.2, 0) is 0 Å². The second kappa shape index (κ2) is 6.62. The molecule has 2 atom stereocenters. The number of nitrogens with two attached hydrogens (primary N) is 1. The average Bonchev–Trinajstić information content (AvgIpc) is 2.34. The van der Waals surface area contributed by atoms with Crippen LogP contribution in [-0.4, -0.2) is 35.5 Å². The minimum absolute atomic E-state index is 0.271. The van der Waals surface area contributed by atoms with Crippen molar-refractivity contribution in [1.29, 1.82) is 0 Å². The summed E-state index contributed by atoms with van der Waals surface area (Å²) in [6.07, 6.45) is 0. The highest BCUT2D eigenvalue weighted by atomic mass is 79.9. The van der Waals surface area contributed by atoms with Crippen molar-refractivity contribution < 1.29 is 0 Å². The Balaban J connectivity index is 2.26. The minimum Gasteiger partial charge on any atom is -0.329 e. The van der Waals surface area contributed by atoms with Crippen LogP contribution in [0.25, 0.3) is 0 Å². The van der Waals surface area contributed by atoms with Crippen molar-refractivity contribution in [1.82, 2.24) is 4.90 Å². The van der Waals surface area contributed by atoms with Crippen LogP contribution in [0.1, 0.15) is 18.5 Å². The molecule has 1 aliphatic heterocycles. The maximum atomic E-state index is 6.00. The highest BCUT2D eigenvalue weighted by Gasteiger charge is 2.27. The Morgan fingerprint density at radius 1 is 1.61 bits per heavy atom. The normalized spacial score (nSPS) is 23.0. The van der Waals surface area contributed by atoms with Crippen molar-refractivity contribution >= 4 is 39.3 Å². The smallest absolute Gasteiger partial charge is 0.0485 e. The molecule has 100 valence electrons. The molecule has 0 aliphatic carbocycles. The summed E-state index contributed by atoms with van der Waals surface area (Å²) in [5.74, 6) is 2.37. The fourth-order valence-corrected chi connectivity index (χ4v) is 4.40. The summed E-state index contributed by atoms with van der Waals surface area (Å²) in [5, 5.41) is 0.753. The van der Waals surface area contributed by atoms with Crippen LogP contribution in [0.3, 0.4) is 0 Å². The molecule has 0 aromatic heterocycles. The Labute approximate surface area is 126 Å². The summed E-state index contributed by atoms with van der Waals surface area (Å²) in [4.78, 5) is 2.50. The van der Waals surface area contributed by atoms with Gasteiger partial charge in [-0.1, -0.05) is 33.6 Å². The van der Waals surface area contributed by atoms with E-state index in [1.807, 2.05) is 23.9 Å². The van der Waals surface area contributed by atoms with E-state index in [4.69, 9.17) is 17.3 Å². The average molecular weight is 350 g/mol. The molecule has 2 rings (SSSR count). The quantitative estimate of drug-likeness (QED) is 0.905. The van der Waals surface area contributed by atoms with Gasteiger partial charge in [-0.05, 0) is 24.6 Å². The number of rotatable bonds is 3. The predicted molar refractivity (Wildman–Crippen MR) is 84.4 cm³/mol. The molecule has 1 aromatic carbocycles. The molecule has 0 radical (unpaired) electrons. The number of hydrogen-bond acceptors (Lipinski definition) is 3. The molecule has 1 aliphatic rings. The van der Waals surface area contributed by atoms with E-state index in [-0.39, 0.29) is 6.04 Å². The van der Waals surface area contributed by atoms with Crippen LogP contribution in [0.15, 0.2) is 22.7 Å². The maximum Gasteiger partial charge on any atom is 0.0485 e. The lowest BCUT2D eigenvalue weighted by Crippen LogP contribution is -2.45. The zero-order valence-corrected chi connectivity index (χ0v) is 13.6. The van der Waals surface area contributed by atoms with Gasteiger partial charge < -0.3 is 5.73 Å². The fourth-order valence-electron chi connectivity index (χ4n) is 2.42. The first kappa shape index (κ1) is 14.7. The molecule has 0 amide bonds. The van der Waals surface area contributed by atoms with Gasteiger partial charge in [0.15, 0.2) is 0 Å². The number of benzene rings is 1. The molecule has 2 unspecified atom stereocenters. The summed E-state index contributed by atoms with van der Waals surface area (Å²) < 4.78 is 1.05. The van der Waals surface area contributed by atoms with Crippen LogP contribution >= 0.6 is 39.3 Å². The third-order valence-corrected chi connectivity index (χ3v) is 5.48. The van der Waals surface area contributed by atoms with E-state index in [0.29, 0.717) is 12.6 Å². The van der Waals surface area contributed by atoms with E-state index in [0.717, 1.165) is 16.0 Å². The van der Waals surface area contributed by atoms with Crippen molar-refractivity contribution in [3.05, 3.63) is 33.3 Å². The Hall–Kier alpha value is 0.260. The largest absolute Gasteiger partial charge is 0.329 e. The molecular formula is C13H18BrClN2S. The van der Waals surface area contributed by atoms with E-state index in [9.17, 15) is 0 Å². The first-order valence-electron chi connectivity index (χ1n) is 6.12. The van der Waals surface area contributed by atoms with Gasteiger partial charge in [0.1, 0.15) is 0 Å². The van der Waals surface area contributed by atoms with E-state index >= 15 is 0 Å². The first-order valence-corrected chi connectivity index (χ1v) is 8.44. The highest BCUT2D eigenvalue weighted by molar-refractivity contribution is 9.10. The van der Waals surface area contributed by atoms with E-state index in [1.54, 1.807) is 0 Å². The molecule has 1 fully saturated rings. The monoisotopic (exact) mass is 348 g/mol. The molecule has 0 spiro atoms. The second-order valence-corrected chi connectivity index (χ2v) is 7.02. The standard InChI is InChI=1S/C13H18BrClN2S/c1-9-8-18-5-4-17(9)13(7-16)11-3-2-10(15)6-12(11)14/h2-3,6,9,13H,4-5,7-8,16H2,1H3. The first-order chi connectivity index (χ1) is 8.63. The zero-order chi connectivity index (χ0) is 13.1. The molecular weight excluding hydrogens is 332 g/mol.